The van der Waals surface area contributed by atoms with Crippen LogP contribution in [0.3, 0.4) is 0 Å². The average Bonchev–Trinajstić information content (AvgIpc) is 2.39. The smallest absolute Gasteiger partial charge is 0.229 e. The lowest BCUT2D eigenvalue weighted by Crippen LogP contribution is -2.40. The molecule has 0 spiro atoms. The summed E-state index contributed by atoms with van der Waals surface area (Å²) < 4.78 is 5.16. The fraction of sp³-hybridized carbons (Fsp3) is 0.385. The molecule has 2 rings (SSSR count). The van der Waals surface area contributed by atoms with E-state index in [-0.39, 0.29) is 17.7 Å². The van der Waals surface area contributed by atoms with Gasteiger partial charge in [-0.3, -0.25) is 9.59 Å². The van der Waals surface area contributed by atoms with Crippen LogP contribution in [-0.2, 0) is 9.59 Å². The number of ether oxygens (including phenoxy) is 1. The zero-order valence-corrected chi connectivity index (χ0v) is 11.3. The number of carbonyl (C=O) groups excluding carboxylic acids is 2. The van der Waals surface area contributed by atoms with Gasteiger partial charge in [0, 0.05) is 18.0 Å². The zero-order chi connectivity index (χ0) is 13.8. The lowest BCUT2D eigenvalue weighted by atomic mass is 9.98. The second-order valence-corrected chi connectivity index (χ2v) is 4.81. The number of carbonyl (C=O) groups is 2. The molecule has 6 heteroatoms. The van der Waals surface area contributed by atoms with E-state index in [4.69, 9.17) is 16.3 Å². The molecule has 2 N–H and O–H groups in total. The summed E-state index contributed by atoms with van der Waals surface area (Å²) in [4.78, 5) is 23.1. The molecule has 1 aromatic carbocycles. The first kappa shape index (κ1) is 13.7. The van der Waals surface area contributed by atoms with Crippen LogP contribution in [-0.4, -0.2) is 25.5 Å². The van der Waals surface area contributed by atoms with Crippen molar-refractivity contribution < 1.29 is 14.3 Å². The van der Waals surface area contributed by atoms with E-state index in [2.05, 4.69) is 10.6 Å². The van der Waals surface area contributed by atoms with Crippen molar-refractivity contribution >= 4 is 29.1 Å². The van der Waals surface area contributed by atoms with E-state index in [9.17, 15) is 9.59 Å². The summed E-state index contributed by atoms with van der Waals surface area (Å²) in [6.07, 6.45) is 0.936. The summed E-state index contributed by atoms with van der Waals surface area (Å²) >= 11 is 5.90. The summed E-state index contributed by atoms with van der Waals surface area (Å²) in [5.74, 6) is 0.184. The van der Waals surface area contributed by atoms with Crippen LogP contribution in [0.1, 0.15) is 12.8 Å². The molecule has 2 amide bonds. The van der Waals surface area contributed by atoms with Gasteiger partial charge < -0.3 is 15.4 Å². The molecule has 0 saturated carbocycles. The topological polar surface area (TPSA) is 67.4 Å². The van der Waals surface area contributed by atoms with Crippen molar-refractivity contribution in [3.63, 3.8) is 0 Å². The van der Waals surface area contributed by atoms with E-state index in [0.29, 0.717) is 35.8 Å². The normalized spacial score (nSPS) is 18.6. The summed E-state index contributed by atoms with van der Waals surface area (Å²) in [7, 11) is 1.53. The monoisotopic (exact) mass is 282 g/mol. The predicted molar refractivity (Wildman–Crippen MR) is 72.4 cm³/mol. The highest BCUT2D eigenvalue weighted by Crippen LogP contribution is 2.28. The van der Waals surface area contributed by atoms with Crippen LogP contribution >= 0.6 is 11.6 Å². The first-order valence-electron chi connectivity index (χ1n) is 6.01. The van der Waals surface area contributed by atoms with Crippen molar-refractivity contribution in [2.45, 2.75) is 12.8 Å². The van der Waals surface area contributed by atoms with Crippen molar-refractivity contribution in [1.82, 2.24) is 5.32 Å². The van der Waals surface area contributed by atoms with E-state index >= 15 is 0 Å². The first-order chi connectivity index (χ1) is 9.10. The Bertz CT molecular complexity index is 495. The maximum atomic E-state index is 12.1. The maximum absolute atomic E-state index is 12.1. The molecule has 102 valence electrons. The van der Waals surface area contributed by atoms with Crippen LogP contribution < -0.4 is 15.4 Å². The number of rotatable bonds is 3. The summed E-state index contributed by atoms with van der Waals surface area (Å²) in [5, 5.41) is 5.99. The predicted octanol–water partition coefficient (Wildman–Crippen LogP) is 1.81. The third kappa shape index (κ3) is 3.38. The standard InChI is InChI=1S/C13H15ClN2O3/c1-19-11-4-3-9(14)6-10(11)16-13(18)8-2-5-12(17)15-7-8/h3-4,6,8H,2,5,7H2,1H3,(H,15,17)(H,16,18). The molecule has 1 saturated heterocycles. The number of piperidine rings is 1. The number of amides is 2. The molecule has 1 aliphatic rings. The third-order valence-electron chi connectivity index (χ3n) is 3.06. The van der Waals surface area contributed by atoms with Gasteiger partial charge >= 0.3 is 0 Å². The molecule has 0 bridgehead atoms. The van der Waals surface area contributed by atoms with Crippen LogP contribution in [0.5, 0.6) is 5.75 Å². The lowest BCUT2D eigenvalue weighted by molar-refractivity contribution is -0.126. The van der Waals surface area contributed by atoms with Gasteiger partial charge in [0.05, 0.1) is 18.7 Å². The summed E-state index contributed by atoms with van der Waals surface area (Å²) in [6.45, 7) is 0.369. The number of hydrogen-bond acceptors (Lipinski definition) is 3. The van der Waals surface area contributed by atoms with E-state index in [1.54, 1.807) is 18.2 Å². The van der Waals surface area contributed by atoms with E-state index < -0.39 is 0 Å². The molecule has 1 aliphatic heterocycles. The first-order valence-corrected chi connectivity index (χ1v) is 6.39. The largest absolute Gasteiger partial charge is 0.495 e. The molecule has 1 aromatic rings. The van der Waals surface area contributed by atoms with Gasteiger partial charge in [0.15, 0.2) is 0 Å². The van der Waals surface area contributed by atoms with E-state index in [0.717, 1.165) is 0 Å². The lowest BCUT2D eigenvalue weighted by Gasteiger charge is -2.22. The Kier molecular flexibility index (Phi) is 4.27. The number of hydrogen-bond donors (Lipinski definition) is 2. The number of methoxy groups -OCH3 is 1. The van der Waals surface area contributed by atoms with Gasteiger partial charge in [0.25, 0.3) is 0 Å². The van der Waals surface area contributed by atoms with Crippen LogP contribution in [0.15, 0.2) is 18.2 Å². The molecule has 1 unspecified atom stereocenters. The van der Waals surface area contributed by atoms with Gasteiger partial charge in [-0.25, -0.2) is 0 Å². The summed E-state index contributed by atoms with van der Waals surface area (Å²) in [6, 6.07) is 5.02. The minimum atomic E-state index is -0.221. The Morgan fingerprint density at radius 1 is 1.53 bits per heavy atom. The van der Waals surface area contributed by atoms with Crippen molar-refractivity contribution in [2.24, 2.45) is 5.92 Å². The second kappa shape index (κ2) is 5.93. The van der Waals surface area contributed by atoms with Gasteiger partial charge in [-0.15, -0.1) is 0 Å². The van der Waals surface area contributed by atoms with Gasteiger partial charge in [-0.05, 0) is 24.6 Å². The molecule has 1 heterocycles. The average molecular weight is 283 g/mol. The molecule has 5 nitrogen and oxygen atoms in total. The van der Waals surface area contributed by atoms with E-state index in [1.807, 2.05) is 0 Å². The Morgan fingerprint density at radius 2 is 2.32 bits per heavy atom. The Hall–Kier alpha value is -1.75. The number of benzene rings is 1. The minimum absolute atomic E-state index is 0.00983. The number of nitrogens with one attached hydrogen (secondary N) is 2. The number of halogens is 1. The molecule has 1 fully saturated rings. The van der Waals surface area contributed by atoms with Crippen LogP contribution in [0.2, 0.25) is 5.02 Å². The van der Waals surface area contributed by atoms with Crippen molar-refractivity contribution in [2.75, 3.05) is 19.0 Å². The van der Waals surface area contributed by atoms with Gasteiger partial charge in [-0.1, -0.05) is 11.6 Å². The quantitative estimate of drug-likeness (QED) is 0.888. The van der Waals surface area contributed by atoms with Crippen LogP contribution in [0.25, 0.3) is 0 Å². The molecule has 19 heavy (non-hydrogen) atoms. The van der Waals surface area contributed by atoms with E-state index in [1.165, 1.54) is 7.11 Å². The molecule has 0 radical (unpaired) electrons. The van der Waals surface area contributed by atoms with Crippen molar-refractivity contribution in [3.05, 3.63) is 23.2 Å². The SMILES string of the molecule is COc1ccc(Cl)cc1NC(=O)C1CCC(=O)NC1. The fourth-order valence-corrected chi connectivity index (χ4v) is 2.14. The maximum Gasteiger partial charge on any atom is 0.229 e. The molecule has 1 atom stereocenters. The van der Waals surface area contributed by atoms with Gasteiger partial charge in [0.1, 0.15) is 5.75 Å². The highest BCUT2D eigenvalue weighted by atomic mass is 35.5. The number of anilines is 1. The summed E-state index contributed by atoms with van der Waals surface area (Å²) in [5.41, 5.74) is 0.539. The van der Waals surface area contributed by atoms with Crippen molar-refractivity contribution in [1.29, 1.82) is 0 Å². The third-order valence-corrected chi connectivity index (χ3v) is 3.29. The highest BCUT2D eigenvalue weighted by Gasteiger charge is 2.25. The van der Waals surface area contributed by atoms with Gasteiger partial charge in [-0.2, -0.15) is 0 Å². The highest BCUT2D eigenvalue weighted by molar-refractivity contribution is 6.31. The Morgan fingerprint density at radius 3 is 2.95 bits per heavy atom. The molecular weight excluding hydrogens is 268 g/mol. The zero-order valence-electron chi connectivity index (χ0n) is 10.5. The molecule has 0 aromatic heterocycles. The molecule has 0 aliphatic carbocycles. The molecular formula is C13H15ClN2O3. The Balaban J connectivity index is 2.06. The van der Waals surface area contributed by atoms with Crippen molar-refractivity contribution in [3.8, 4) is 5.75 Å². The minimum Gasteiger partial charge on any atom is -0.495 e. The second-order valence-electron chi connectivity index (χ2n) is 4.37. The van der Waals surface area contributed by atoms with Crippen LogP contribution in [0, 0.1) is 5.92 Å². The Labute approximate surface area is 116 Å². The van der Waals surface area contributed by atoms with Gasteiger partial charge in [0.2, 0.25) is 11.8 Å². The fourth-order valence-electron chi connectivity index (χ4n) is 1.97. The van der Waals surface area contributed by atoms with Crippen LogP contribution in [0.4, 0.5) is 5.69 Å².